The lowest BCUT2D eigenvalue weighted by atomic mass is 10.1. The molecule has 0 saturated carbocycles. The zero-order chi connectivity index (χ0) is 13.4. The first-order chi connectivity index (χ1) is 9.16. The molecule has 96 valence electrons. The van der Waals surface area contributed by atoms with E-state index in [1.54, 1.807) is 12.4 Å². The summed E-state index contributed by atoms with van der Waals surface area (Å²) < 4.78 is 9.46. The first-order valence-corrected chi connectivity index (χ1v) is 6.41. The highest BCUT2D eigenvalue weighted by Crippen LogP contribution is 2.32. The Morgan fingerprint density at radius 2 is 2.16 bits per heavy atom. The standard InChI is InChI=1S/C12H11N5OS/c1-6-5-14-4-3-8(6)11-15-12(18-16-11)9-7(2)17-19-10(9)13/h3-5H,13H2,1-2H3. The predicted molar refractivity (Wildman–Crippen MR) is 72.5 cm³/mol. The van der Waals surface area contributed by atoms with Crippen LogP contribution >= 0.6 is 11.5 Å². The second-order valence-electron chi connectivity index (χ2n) is 4.12. The first kappa shape index (κ1) is 11.8. The molecule has 0 aliphatic carbocycles. The van der Waals surface area contributed by atoms with Crippen LogP contribution in [0.5, 0.6) is 0 Å². The highest BCUT2D eigenvalue weighted by molar-refractivity contribution is 7.10. The van der Waals surface area contributed by atoms with Crippen LogP contribution in [0, 0.1) is 13.8 Å². The van der Waals surface area contributed by atoms with Crippen molar-refractivity contribution in [1.29, 1.82) is 0 Å². The minimum Gasteiger partial charge on any atom is -0.389 e. The normalized spacial score (nSPS) is 10.8. The zero-order valence-corrected chi connectivity index (χ0v) is 11.2. The van der Waals surface area contributed by atoms with E-state index >= 15 is 0 Å². The van der Waals surface area contributed by atoms with E-state index in [9.17, 15) is 0 Å². The molecule has 6 nitrogen and oxygen atoms in total. The van der Waals surface area contributed by atoms with Crippen LogP contribution in [-0.4, -0.2) is 19.5 Å². The maximum absolute atomic E-state index is 5.87. The zero-order valence-electron chi connectivity index (χ0n) is 10.4. The van der Waals surface area contributed by atoms with E-state index in [1.807, 2.05) is 19.9 Å². The molecule has 0 aromatic carbocycles. The Labute approximate surface area is 113 Å². The molecular formula is C12H11N5OS. The fourth-order valence-corrected chi connectivity index (χ4v) is 2.46. The molecule has 2 N–H and O–H groups in total. The fourth-order valence-electron chi connectivity index (χ4n) is 1.81. The molecule has 0 aliphatic rings. The summed E-state index contributed by atoms with van der Waals surface area (Å²) in [7, 11) is 0. The van der Waals surface area contributed by atoms with Crippen LogP contribution in [0.25, 0.3) is 22.8 Å². The number of nitrogen functional groups attached to an aromatic ring is 1. The number of pyridine rings is 1. The average Bonchev–Trinajstić information content (AvgIpc) is 2.97. The number of aryl methyl sites for hydroxylation is 2. The van der Waals surface area contributed by atoms with Gasteiger partial charge in [0.15, 0.2) is 0 Å². The Morgan fingerprint density at radius 3 is 2.84 bits per heavy atom. The quantitative estimate of drug-likeness (QED) is 0.771. The Balaban J connectivity index is 2.08. The molecule has 0 amide bonds. The van der Waals surface area contributed by atoms with E-state index < -0.39 is 0 Å². The molecule has 0 atom stereocenters. The Morgan fingerprint density at radius 1 is 1.32 bits per heavy atom. The number of anilines is 1. The SMILES string of the molecule is Cc1cnccc1-c1noc(-c2c(C)nsc2N)n1. The van der Waals surface area contributed by atoms with Gasteiger partial charge in [-0.05, 0) is 37.0 Å². The van der Waals surface area contributed by atoms with Gasteiger partial charge >= 0.3 is 0 Å². The molecule has 0 bridgehead atoms. The lowest BCUT2D eigenvalue weighted by Crippen LogP contribution is -1.88. The van der Waals surface area contributed by atoms with Crippen LogP contribution in [0.3, 0.4) is 0 Å². The summed E-state index contributed by atoms with van der Waals surface area (Å²) in [5, 5.41) is 4.58. The van der Waals surface area contributed by atoms with Gasteiger partial charge in [-0.1, -0.05) is 5.16 Å². The van der Waals surface area contributed by atoms with Gasteiger partial charge in [0.2, 0.25) is 5.82 Å². The van der Waals surface area contributed by atoms with Crippen LogP contribution in [0.2, 0.25) is 0 Å². The van der Waals surface area contributed by atoms with E-state index in [2.05, 4.69) is 19.5 Å². The molecular weight excluding hydrogens is 262 g/mol. The predicted octanol–water partition coefficient (Wildman–Crippen LogP) is 2.45. The van der Waals surface area contributed by atoms with Crippen molar-refractivity contribution in [3.05, 3.63) is 29.7 Å². The van der Waals surface area contributed by atoms with Crippen LogP contribution in [0.4, 0.5) is 5.00 Å². The largest absolute Gasteiger partial charge is 0.389 e. The van der Waals surface area contributed by atoms with Gasteiger partial charge in [-0.25, -0.2) is 0 Å². The molecule has 0 unspecified atom stereocenters. The molecule has 3 rings (SSSR count). The highest BCUT2D eigenvalue weighted by Gasteiger charge is 2.18. The second-order valence-corrected chi connectivity index (χ2v) is 4.93. The molecule has 0 aliphatic heterocycles. The molecule has 3 heterocycles. The number of hydrogen-bond acceptors (Lipinski definition) is 7. The smallest absolute Gasteiger partial charge is 0.263 e. The maximum atomic E-state index is 5.87. The van der Waals surface area contributed by atoms with Gasteiger partial charge < -0.3 is 10.3 Å². The van der Waals surface area contributed by atoms with Crippen molar-refractivity contribution in [1.82, 2.24) is 19.5 Å². The molecule has 19 heavy (non-hydrogen) atoms. The Hall–Kier alpha value is -2.28. The van der Waals surface area contributed by atoms with Gasteiger partial charge in [-0.15, -0.1) is 0 Å². The topological polar surface area (TPSA) is 90.7 Å². The summed E-state index contributed by atoms with van der Waals surface area (Å²) in [5.41, 5.74) is 9.26. The summed E-state index contributed by atoms with van der Waals surface area (Å²) in [6.07, 6.45) is 3.46. The van der Waals surface area contributed by atoms with Crippen molar-refractivity contribution >= 4 is 16.5 Å². The summed E-state index contributed by atoms with van der Waals surface area (Å²) in [5.74, 6) is 0.926. The van der Waals surface area contributed by atoms with Gasteiger partial charge in [-0.2, -0.15) is 9.36 Å². The monoisotopic (exact) mass is 273 g/mol. The number of aromatic nitrogens is 4. The van der Waals surface area contributed by atoms with Gasteiger partial charge in [-0.3, -0.25) is 4.98 Å². The third-order valence-electron chi connectivity index (χ3n) is 2.79. The second kappa shape index (κ2) is 4.43. The highest BCUT2D eigenvalue weighted by atomic mass is 32.1. The van der Waals surface area contributed by atoms with E-state index in [0.717, 1.165) is 22.4 Å². The lowest BCUT2D eigenvalue weighted by molar-refractivity contribution is 0.432. The minimum atomic E-state index is 0.398. The van der Waals surface area contributed by atoms with Crippen LogP contribution in [0.1, 0.15) is 11.3 Å². The maximum Gasteiger partial charge on any atom is 0.263 e. The molecule has 0 spiro atoms. The van der Waals surface area contributed by atoms with Gasteiger partial charge in [0.25, 0.3) is 5.89 Å². The van der Waals surface area contributed by atoms with Crippen molar-refractivity contribution in [3.8, 4) is 22.8 Å². The summed E-state index contributed by atoms with van der Waals surface area (Å²) >= 11 is 1.22. The van der Waals surface area contributed by atoms with Crippen LogP contribution in [0.15, 0.2) is 23.0 Å². The summed E-state index contributed by atoms with van der Waals surface area (Å²) in [6, 6.07) is 1.85. The minimum absolute atomic E-state index is 0.398. The third kappa shape index (κ3) is 1.97. The number of hydrogen-bond donors (Lipinski definition) is 1. The Kier molecular flexibility index (Phi) is 2.75. The molecule has 0 fully saturated rings. The van der Waals surface area contributed by atoms with Crippen molar-refractivity contribution in [2.24, 2.45) is 0 Å². The fraction of sp³-hybridized carbons (Fsp3) is 0.167. The molecule has 0 radical (unpaired) electrons. The number of rotatable bonds is 2. The molecule has 0 saturated heterocycles. The molecule has 3 aromatic heterocycles. The van der Waals surface area contributed by atoms with E-state index in [-0.39, 0.29) is 0 Å². The summed E-state index contributed by atoms with van der Waals surface area (Å²) in [4.78, 5) is 8.43. The van der Waals surface area contributed by atoms with Crippen LogP contribution in [-0.2, 0) is 0 Å². The number of nitrogens with two attached hydrogens (primary N) is 1. The van der Waals surface area contributed by atoms with E-state index in [4.69, 9.17) is 10.3 Å². The first-order valence-electron chi connectivity index (χ1n) is 5.63. The van der Waals surface area contributed by atoms with Crippen LogP contribution < -0.4 is 5.73 Å². The summed E-state index contributed by atoms with van der Waals surface area (Å²) in [6.45, 7) is 3.81. The average molecular weight is 273 g/mol. The van der Waals surface area contributed by atoms with Crippen molar-refractivity contribution in [2.75, 3.05) is 5.73 Å². The van der Waals surface area contributed by atoms with E-state index in [0.29, 0.717) is 16.7 Å². The number of nitrogens with zero attached hydrogens (tertiary/aromatic N) is 4. The lowest BCUT2D eigenvalue weighted by Gasteiger charge is -1.97. The van der Waals surface area contributed by atoms with Crippen molar-refractivity contribution < 1.29 is 4.52 Å². The third-order valence-corrected chi connectivity index (χ3v) is 3.56. The van der Waals surface area contributed by atoms with Gasteiger partial charge in [0.05, 0.1) is 11.3 Å². The van der Waals surface area contributed by atoms with Crippen molar-refractivity contribution in [2.45, 2.75) is 13.8 Å². The molecule has 7 heteroatoms. The van der Waals surface area contributed by atoms with Gasteiger partial charge in [0, 0.05) is 18.0 Å². The molecule has 3 aromatic rings. The van der Waals surface area contributed by atoms with E-state index in [1.165, 1.54) is 11.5 Å². The van der Waals surface area contributed by atoms with Crippen molar-refractivity contribution in [3.63, 3.8) is 0 Å². The Bertz CT molecular complexity index is 714. The van der Waals surface area contributed by atoms with Gasteiger partial charge in [0.1, 0.15) is 5.00 Å².